The van der Waals surface area contributed by atoms with E-state index in [1.165, 1.54) is 7.11 Å². The van der Waals surface area contributed by atoms with Gasteiger partial charge in [0.1, 0.15) is 5.60 Å². The summed E-state index contributed by atoms with van der Waals surface area (Å²) in [5.74, 6) is -0.172. The number of ether oxygens (including phenoxy) is 3. The number of hydrogen-bond acceptors (Lipinski definition) is 5. The van der Waals surface area contributed by atoms with Gasteiger partial charge in [0.2, 0.25) is 0 Å². The van der Waals surface area contributed by atoms with Gasteiger partial charge < -0.3 is 14.2 Å². The van der Waals surface area contributed by atoms with Crippen molar-refractivity contribution in [3.63, 3.8) is 0 Å². The van der Waals surface area contributed by atoms with E-state index in [2.05, 4.69) is 28.7 Å². The second-order valence-electron chi connectivity index (χ2n) is 6.35. The number of carbonyl (C=O) groups is 1. The second-order valence-corrected chi connectivity index (χ2v) is 7.11. The predicted octanol–water partition coefficient (Wildman–Crippen LogP) is 3.00. The number of nitrogens with zero attached hydrogens (tertiary/aromatic N) is 1. The summed E-state index contributed by atoms with van der Waals surface area (Å²) >= 11 is 2.37. The molecule has 0 N–H and O–H groups in total. The molecule has 2 fully saturated rings. The van der Waals surface area contributed by atoms with Crippen LogP contribution >= 0.6 is 22.6 Å². The number of methoxy groups -OCH3 is 1. The standard InChI is InChI=1S/C16H24INO4/c1-11(9-18)7-12-3-5-14-16(10-17,22-12)8-13(21-14)4-6-15(19)20-2/h11-14H,3-8,10H2,1-2H3/t11-,12-,13+,14?,16-/m1/s1. The Morgan fingerprint density at radius 3 is 2.91 bits per heavy atom. The molecule has 0 bridgehead atoms. The van der Waals surface area contributed by atoms with Crippen molar-refractivity contribution in [2.24, 2.45) is 5.92 Å². The Morgan fingerprint density at radius 1 is 1.50 bits per heavy atom. The molecular formula is C16H24INO4. The molecule has 0 amide bonds. The summed E-state index contributed by atoms with van der Waals surface area (Å²) in [6.07, 6.45) is 4.92. The number of alkyl halides is 1. The quantitative estimate of drug-likeness (QED) is 0.375. The van der Waals surface area contributed by atoms with E-state index in [0.717, 1.165) is 30.1 Å². The van der Waals surface area contributed by atoms with E-state index in [4.69, 9.17) is 19.5 Å². The highest BCUT2D eigenvalue weighted by Crippen LogP contribution is 2.44. The van der Waals surface area contributed by atoms with Gasteiger partial charge in [-0.25, -0.2) is 0 Å². The number of rotatable bonds is 6. The molecule has 0 saturated carbocycles. The topological polar surface area (TPSA) is 68.5 Å². The maximum atomic E-state index is 11.3. The van der Waals surface area contributed by atoms with Crippen LogP contribution in [0.25, 0.3) is 0 Å². The van der Waals surface area contributed by atoms with Gasteiger partial charge in [0.05, 0.1) is 31.5 Å². The molecule has 2 aliphatic heterocycles. The monoisotopic (exact) mass is 421 g/mol. The molecule has 2 saturated heterocycles. The molecule has 0 radical (unpaired) electrons. The normalized spacial score (nSPS) is 35.5. The number of hydrogen-bond donors (Lipinski definition) is 0. The van der Waals surface area contributed by atoms with Crippen LogP contribution in [0.5, 0.6) is 0 Å². The summed E-state index contributed by atoms with van der Waals surface area (Å²) in [4.78, 5) is 11.3. The van der Waals surface area contributed by atoms with Crippen LogP contribution in [0.15, 0.2) is 0 Å². The van der Waals surface area contributed by atoms with Gasteiger partial charge in [-0.3, -0.25) is 4.79 Å². The van der Waals surface area contributed by atoms with Crippen LogP contribution in [0.2, 0.25) is 0 Å². The number of fused-ring (bicyclic) bond motifs is 1. The van der Waals surface area contributed by atoms with Crippen molar-refractivity contribution in [2.45, 2.75) is 69.4 Å². The Kier molecular flexibility index (Phi) is 6.47. The summed E-state index contributed by atoms with van der Waals surface area (Å²) in [5, 5.41) is 8.99. The van der Waals surface area contributed by atoms with E-state index >= 15 is 0 Å². The van der Waals surface area contributed by atoms with Gasteiger partial charge in [0.15, 0.2) is 0 Å². The molecular weight excluding hydrogens is 397 g/mol. The summed E-state index contributed by atoms with van der Waals surface area (Å²) in [6.45, 7) is 1.94. The predicted molar refractivity (Wildman–Crippen MR) is 89.6 cm³/mol. The van der Waals surface area contributed by atoms with Crippen molar-refractivity contribution < 1.29 is 19.0 Å². The molecule has 1 unspecified atom stereocenters. The number of esters is 1. The van der Waals surface area contributed by atoms with Crippen LogP contribution in [0, 0.1) is 17.2 Å². The number of nitriles is 1. The van der Waals surface area contributed by atoms with Crippen molar-refractivity contribution in [1.82, 2.24) is 0 Å². The Labute approximate surface area is 145 Å². The number of halogens is 1. The highest BCUT2D eigenvalue weighted by Gasteiger charge is 2.52. The second kappa shape index (κ2) is 7.93. The molecule has 124 valence electrons. The fourth-order valence-electron chi connectivity index (χ4n) is 3.44. The molecule has 0 spiro atoms. The van der Waals surface area contributed by atoms with Crippen molar-refractivity contribution in [3.05, 3.63) is 0 Å². The Hall–Kier alpha value is -0.390. The Bertz CT molecular complexity index is 438. The summed E-state index contributed by atoms with van der Waals surface area (Å²) < 4.78 is 18.1. The van der Waals surface area contributed by atoms with E-state index in [0.29, 0.717) is 12.8 Å². The highest BCUT2D eigenvalue weighted by atomic mass is 127. The van der Waals surface area contributed by atoms with Crippen molar-refractivity contribution in [3.8, 4) is 6.07 Å². The first-order chi connectivity index (χ1) is 10.5. The third kappa shape index (κ3) is 4.12. The van der Waals surface area contributed by atoms with Crippen LogP contribution in [-0.4, -0.2) is 41.4 Å². The minimum Gasteiger partial charge on any atom is -0.469 e. The van der Waals surface area contributed by atoms with Crippen LogP contribution in [0.4, 0.5) is 0 Å². The lowest BCUT2D eigenvalue weighted by molar-refractivity contribution is -0.155. The van der Waals surface area contributed by atoms with Crippen molar-refractivity contribution >= 4 is 28.6 Å². The van der Waals surface area contributed by atoms with E-state index in [9.17, 15) is 4.79 Å². The molecule has 2 aliphatic rings. The lowest BCUT2D eigenvalue weighted by atomic mass is 9.86. The summed E-state index contributed by atoms with van der Waals surface area (Å²) in [6, 6.07) is 2.29. The van der Waals surface area contributed by atoms with Crippen molar-refractivity contribution in [2.75, 3.05) is 11.5 Å². The van der Waals surface area contributed by atoms with E-state index in [-0.39, 0.29) is 35.8 Å². The Balaban J connectivity index is 1.94. The minimum atomic E-state index is -0.251. The summed E-state index contributed by atoms with van der Waals surface area (Å²) in [5.41, 5.74) is -0.251. The van der Waals surface area contributed by atoms with E-state index in [1.807, 2.05) is 6.92 Å². The van der Waals surface area contributed by atoms with Gasteiger partial charge in [-0.1, -0.05) is 22.6 Å². The maximum absolute atomic E-state index is 11.3. The van der Waals surface area contributed by atoms with E-state index in [1.54, 1.807) is 0 Å². The number of carbonyl (C=O) groups excluding carboxylic acids is 1. The zero-order chi connectivity index (χ0) is 16.2. The van der Waals surface area contributed by atoms with Gasteiger partial charge in [-0.05, 0) is 32.6 Å². The smallest absolute Gasteiger partial charge is 0.305 e. The van der Waals surface area contributed by atoms with Gasteiger partial charge in [-0.15, -0.1) is 0 Å². The molecule has 5 atom stereocenters. The largest absolute Gasteiger partial charge is 0.469 e. The molecule has 0 aromatic rings. The van der Waals surface area contributed by atoms with Gasteiger partial charge in [0, 0.05) is 23.2 Å². The SMILES string of the molecule is COC(=O)CC[C@H]1C[C@]2(CI)O[C@@H](C[C@@H](C)C#N)CCC2O1. The zero-order valence-corrected chi connectivity index (χ0v) is 15.4. The third-order valence-corrected chi connectivity index (χ3v) is 5.92. The lowest BCUT2D eigenvalue weighted by Gasteiger charge is -2.41. The van der Waals surface area contributed by atoms with E-state index < -0.39 is 0 Å². The van der Waals surface area contributed by atoms with Gasteiger partial charge >= 0.3 is 5.97 Å². The molecule has 2 heterocycles. The van der Waals surface area contributed by atoms with Crippen molar-refractivity contribution in [1.29, 1.82) is 5.26 Å². The molecule has 5 nitrogen and oxygen atoms in total. The first-order valence-corrected chi connectivity index (χ1v) is 9.41. The first kappa shape index (κ1) is 18.0. The first-order valence-electron chi connectivity index (χ1n) is 7.88. The fourth-order valence-corrected chi connectivity index (χ4v) is 4.42. The van der Waals surface area contributed by atoms with Crippen LogP contribution < -0.4 is 0 Å². The van der Waals surface area contributed by atoms with Gasteiger partial charge in [0.25, 0.3) is 0 Å². The molecule has 0 aromatic carbocycles. The fraction of sp³-hybridized carbons (Fsp3) is 0.875. The van der Waals surface area contributed by atoms with Crippen LogP contribution in [0.3, 0.4) is 0 Å². The Morgan fingerprint density at radius 2 is 2.27 bits per heavy atom. The zero-order valence-electron chi connectivity index (χ0n) is 13.2. The highest BCUT2D eigenvalue weighted by molar-refractivity contribution is 14.1. The molecule has 0 aromatic heterocycles. The maximum Gasteiger partial charge on any atom is 0.305 e. The molecule has 6 heteroatoms. The average molecular weight is 421 g/mol. The summed E-state index contributed by atoms with van der Waals surface area (Å²) in [7, 11) is 1.41. The van der Waals surface area contributed by atoms with Crippen LogP contribution in [-0.2, 0) is 19.0 Å². The minimum absolute atomic E-state index is 0.0188. The molecule has 22 heavy (non-hydrogen) atoms. The van der Waals surface area contributed by atoms with Crippen LogP contribution in [0.1, 0.15) is 45.4 Å². The third-order valence-electron chi connectivity index (χ3n) is 4.63. The lowest BCUT2D eigenvalue weighted by Crippen LogP contribution is -2.50. The molecule has 2 rings (SSSR count). The molecule has 0 aliphatic carbocycles. The average Bonchev–Trinajstić information content (AvgIpc) is 2.90. The van der Waals surface area contributed by atoms with Gasteiger partial charge in [-0.2, -0.15) is 5.26 Å².